The van der Waals surface area contributed by atoms with Crippen LogP contribution in [-0.4, -0.2) is 55.3 Å². The van der Waals surface area contributed by atoms with Crippen molar-refractivity contribution in [1.82, 2.24) is 4.90 Å². The SMILES string of the molecule is COC(=O)c1ccccc1NC1CCN(CC(=O)Nc2ccc3c(c2)-c2ccccc2C3=O)CC1. The molecular formula is C28H27N3O4. The first-order valence-electron chi connectivity index (χ1n) is 11.8. The van der Waals surface area contributed by atoms with E-state index in [1.807, 2.05) is 48.5 Å². The van der Waals surface area contributed by atoms with Crippen LogP contribution in [0, 0.1) is 0 Å². The highest BCUT2D eigenvalue weighted by Crippen LogP contribution is 2.37. The Morgan fingerprint density at radius 1 is 0.914 bits per heavy atom. The Hall–Kier alpha value is -3.97. The number of rotatable bonds is 6. The average molecular weight is 470 g/mol. The molecule has 178 valence electrons. The number of hydrogen-bond donors (Lipinski definition) is 2. The molecule has 0 saturated carbocycles. The number of anilines is 2. The van der Waals surface area contributed by atoms with Crippen LogP contribution in [-0.2, 0) is 9.53 Å². The van der Waals surface area contributed by atoms with Gasteiger partial charge >= 0.3 is 5.97 Å². The van der Waals surface area contributed by atoms with Crippen molar-refractivity contribution in [2.24, 2.45) is 0 Å². The van der Waals surface area contributed by atoms with Crippen molar-refractivity contribution in [2.45, 2.75) is 18.9 Å². The molecular weight excluding hydrogens is 442 g/mol. The molecule has 5 rings (SSSR count). The maximum atomic E-state index is 12.7. The van der Waals surface area contributed by atoms with E-state index in [1.54, 1.807) is 18.2 Å². The van der Waals surface area contributed by atoms with E-state index in [4.69, 9.17) is 4.74 Å². The number of piperidine rings is 1. The number of carbonyl (C=O) groups excluding carboxylic acids is 3. The predicted octanol–water partition coefficient (Wildman–Crippen LogP) is 4.20. The van der Waals surface area contributed by atoms with E-state index in [1.165, 1.54) is 7.11 Å². The fraction of sp³-hybridized carbons (Fsp3) is 0.250. The van der Waals surface area contributed by atoms with Crippen LogP contribution in [0.5, 0.6) is 0 Å². The summed E-state index contributed by atoms with van der Waals surface area (Å²) in [5.41, 5.74) is 5.13. The molecule has 1 amide bonds. The summed E-state index contributed by atoms with van der Waals surface area (Å²) in [7, 11) is 1.38. The van der Waals surface area contributed by atoms with E-state index in [0.29, 0.717) is 28.9 Å². The Balaban J connectivity index is 1.16. The molecule has 1 saturated heterocycles. The summed E-state index contributed by atoms with van der Waals surface area (Å²) in [5.74, 6) is -0.411. The number of fused-ring (bicyclic) bond motifs is 3. The number of ether oxygens (including phenoxy) is 1. The molecule has 35 heavy (non-hydrogen) atoms. The van der Waals surface area contributed by atoms with E-state index in [9.17, 15) is 14.4 Å². The van der Waals surface area contributed by atoms with Crippen molar-refractivity contribution >= 4 is 29.0 Å². The predicted molar refractivity (Wildman–Crippen MR) is 135 cm³/mol. The number of likely N-dealkylation sites (tertiary alicyclic amines) is 1. The third-order valence-corrected chi connectivity index (χ3v) is 6.66. The number of nitrogens with zero attached hydrogens (tertiary/aromatic N) is 1. The van der Waals surface area contributed by atoms with Crippen molar-refractivity contribution in [3.63, 3.8) is 0 Å². The molecule has 0 aromatic heterocycles. The number of ketones is 1. The van der Waals surface area contributed by atoms with Crippen molar-refractivity contribution in [1.29, 1.82) is 0 Å². The molecule has 7 heteroatoms. The van der Waals surface area contributed by atoms with Gasteiger partial charge in [-0.25, -0.2) is 4.79 Å². The summed E-state index contributed by atoms with van der Waals surface area (Å²) in [6.45, 7) is 1.85. The van der Waals surface area contributed by atoms with Crippen molar-refractivity contribution < 1.29 is 19.1 Å². The second-order valence-corrected chi connectivity index (χ2v) is 8.92. The molecule has 1 aliphatic heterocycles. The van der Waals surface area contributed by atoms with E-state index in [2.05, 4.69) is 15.5 Å². The summed E-state index contributed by atoms with van der Waals surface area (Å²) < 4.78 is 4.87. The Bertz CT molecular complexity index is 1290. The highest BCUT2D eigenvalue weighted by Gasteiger charge is 2.27. The first-order chi connectivity index (χ1) is 17.0. The van der Waals surface area contributed by atoms with E-state index >= 15 is 0 Å². The molecule has 1 heterocycles. The molecule has 0 bridgehead atoms. The van der Waals surface area contributed by atoms with Gasteiger partial charge in [-0.3, -0.25) is 14.5 Å². The first kappa shape index (κ1) is 22.8. The van der Waals surface area contributed by atoms with Crippen LogP contribution in [0.4, 0.5) is 11.4 Å². The largest absolute Gasteiger partial charge is 0.465 e. The van der Waals surface area contributed by atoms with Gasteiger partial charge in [-0.15, -0.1) is 0 Å². The van der Waals surface area contributed by atoms with Gasteiger partial charge in [0.15, 0.2) is 5.78 Å². The van der Waals surface area contributed by atoms with Gasteiger partial charge < -0.3 is 15.4 Å². The van der Waals surface area contributed by atoms with E-state index in [-0.39, 0.29) is 23.7 Å². The summed E-state index contributed by atoms with van der Waals surface area (Å²) in [6, 6.07) is 20.6. The average Bonchev–Trinajstić information content (AvgIpc) is 3.16. The lowest BCUT2D eigenvalue weighted by molar-refractivity contribution is -0.117. The monoisotopic (exact) mass is 469 g/mol. The third kappa shape index (κ3) is 4.68. The lowest BCUT2D eigenvalue weighted by atomic mass is 10.0. The van der Waals surface area contributed by atoms with Crippen molar-refractivity contribution in [2.75, 3.05) is 37.4 Å². The molecule has 0 unspecified atom stereocenters. The van der Waals surface area contributed by atoms with Gasteiger partial charge in [-0.05, 0) is 54.3 Å². The van der Waals surface area contributed by atoms with Crippen LogP contribution >= 0.6 is 0 Å². The Kier molecular flexibility index (Phi) is 6.33. The molecule has 3 aromatic rings. The summed E-state index contributed by atoms with van der Waals surface area (Å²) in [5, 5.41) is 6.44. The summed E-state index contributed by atoms with van der Waals surface area (Å²) in [4.78, 5) is 39.4. The van der Waals surface area contributed by atoms with Crippen LogP contribution in [0.25, 0.3) is 11.1 Å². The van der Waals surface area contributed by atoms with Gasteiger partial charge in [0.1, 0.15) is 0 Å². The quantitative estimate of drug-likeness (QED) is 0.412. The van der Waals surface area contributed by atoms with Gasteiger partial charge in [0.05, 0.1) is 19.2 Å². The van der Waals surface area contributed by atoms with Crippen LogP contribution in [0.2, 0.25) is 0 Å². The minimum Gasteiger partial charge on any atom is -0.465 e. The number of benzene rings is 3. The molecule has 2 N–H and O–H groups in total. The summed E-state index contributed by atoms with van der Waals surface area (Å²) in [6.07, 6.45) is 1.72. The zero-order valence-corrected chi connectivity index (χ0v) is 19.5. The molecule has 2 aliphatic rings. The molecule has 1 aliphatic carbocycles. The second-order valence-electron chi connectivity index (χ2n) is 8.92. The van der Waals surface area contributed by atoms with Crippen LogP contribution < -0.4 is 10.6 Å². The third-order valence-electron chi connectivity index (χ3n) is 6.66. The molecule has 3 aromatic carbocycles. The fourth-order valence-electron chi connectivity index (χ4n) is 4.86. The van der Waals surface area contributed by atoms with Gasteiger partial charge in [-0.1, -0.05) is 36.4 Å². The number of esters is 1. The van der Waals surface area contributed by atoms with E-state index < -0.39 is 0 Å². The minimum absolute atomic E-state index is 0.0270. The topological polar surface area (TPSA) is 87.7 Å². The normalized spacial score (nSPS) is 15.3. The number of amides is 1. The highest BCUT2D eigenvalue weighted by atomic mass is 16.5. The van der Waals surface area contributed by atoms with Crippen molar-refractivity contribution in [3.8, 4) is 11.1 Å². The molecule has 1 fully saturated rings. The molecule has 7 nitrogen and oxygen atoms in total. The zero-order valence-electron chi connectivity index (χ0n) is 19.5. The lowest BCUT2D eigenvalue weighted by Crippen LogP contribution is -2.42. The number of hydrogen-bond acceptors (Lipinski definition) is 6. The second kappa shape index (κ2) is 9.72. The Morgan fingerprint density at radius 2 is 1.60 bits per heavy atom. The maximum absolute atomic E-state index is 12.7. The Labute approximate surface area is 204 Å². The molecule has 0 radical (unpaired) electrons. The van der Waals surface area contributed by atoms with Crippen LogP contribution in [0.15, 0.2) is 66.7 Å². The zero-order chi connectivity index (χ0) is 24.4. The Morgan fingerprint density at radius 3 is 2.37 bits per heavy atom. The smallest absolute Gasteiger partial charge is 0.339 e. The van der Waals surface area contributed by atoms with Crippen LogP contribution in [0.1, 0.15) is 39.1 Å². The lowest BCUT2D eigenvalue weighted by Gasteiger charge is -2.32. The van der Waals surface area contributed by atoms with Gasteiger partial charge in [0, 0.05) is 41.6 Å². The number of para-hydroxylation sites is 1. The first-order valence-corrected chi connectivity index (χ1v) is 11.8. The standard InChI is InChI=1S/C28H27N3O4/c1-35-28(34)23-8-4-5-9-25(23)29-18-12-14-31(15-13-18)17-26(32)30-19-10-11-22-24(16-19)20-6-2-3-7-21(20)27(22)33/h2-11,16,18,29H,12-15,17H2,1H3,(H,30,32). The van der Waals surface area contributed by atoms with Gasteiger partial charge in [0.2, 0.25) is 5.91 Å². The van der Waals surface area contributed by atoms with Crippen molar-refractivity contribution in [3.05, 3.63) is 83.4 Å². The van der Waals surface area contributed by atoms with Gasteiger partial charge in [-0.2, -0.15) is 0 Å². The molecule has 0 spiro atoms. The number of nitrogens with one attached hydrogen (secondary N) is 2. The fourth-order valence-corrected chi connectivity index (χ4v) is 4.86. The highest BCUT2D eigenvalue weighted by molar-refractivity contribution is 6.22. The minimum atomic E-state index is -0.360. The summed E-state index contributed by atoms with van der Waals surface area (Å²) >= 11 is 0. The number of methoxy groups -OCH3 is 1. The number of carbonyl (C=O) groups is 3. The maximum Gasteiger partial charge on any atom is 0.339 e. The van der Waals surface area contributed by atoms with Crippen LogP contribution in [0.3, 0.4) is 0 Å². The molecule has 0 atom stereocenters. The van der Waals surface area contributed by atoms with E-state index in [0.717, 1.165) is 42.7 Å². The van der Waals surface area contributed by atoms with Gasteiger partial charge in [0.25, 0.3) is 0 Å².